The molecular formula is C10H12. The summed E-state index contributed by atoms with van der Waals surface area (Å²) in [4.78, 5) is 0. The van der Waals surface area contributed by atoms with Gasteiger partial charge in [-0.2, -0.15) is 0 Å². The number of hydrogen-bond acceptors (Lipinski definition) is 0. The van der Waals surface area contributed by atoms with E-state index in [4.69, 9.17) is 0 Å². The van der Waals surface area contributed by atoms with Crippen LogP contribution in [0, 0.1) is 0 Å². The topological polar surface area (TPSA) is 0 Å². The molecule has 0 saturated heterocycles. The van der Waals surface area contributed by atoms with Gasteiger partial charge in [0.05, 0.1) is 0 Å². The summed E-state index contributed by atoms with van der Waals surface area (Å²) in [5.41, 5.74) is 4.72. The third kappa shape index (κ3) is 0.971. The van der Waals surface area contributed by atoms with Gasteiger partial charge in [-0.05, 0) is 30.6 Å². The molecule has 0 aromatic carbocycles. The average molecular weight is 132 g/mol. The molecule has 0 radical (unpaired) electrons. The summed E-state index contributed by atoms with van der Waals surface area (Å²) < 4.78 is 0. The minimum Gasteiger partial charge on any atom is -0.0955 e. The van der Waals surface area contributed by atoms with E-state index in [0.29, 0.717) is 0 Å². The Morgan fingerprint density at radius 3 is 2.20 bits per heavy atom. The second-order valence-electron chi connectivity index (χ2n) is 2.68. The Kier molecular flexibility index (Phi) is 1.62. The van der Waals surface area contributed by atoms with Gasteiger partial charge < -0.3 is 0 Å². The third-order valence-electron chi connectivity index (χ3n) is 1.80. The standard InChI is InChI=1S/C10H12/c1-7(2)10-6-5-8(3)9(10)4/h5-6H,1,3H2,2,4H3. The molecule has 1 rings (SSSR count). The zero-order valence-corrected chi connectivity index (χ0v) is 6.57. The van der Waals surface area contributed by atoms with Gasteiger partial charge in [0.15, 0.2) is 0 Å². The minimum absolute atomic E-state index is 1.11. The van der Waals surface area contributed by atoms with Gasteiger partial charge in [0.25, 0.3) is 0 Å². The molecule has 0 bridgehead atoms. The highest BCUT2D eigenvalue weighted by Crippen LogP contribution is 2.26. The smallest absolute Gasteiger partial charge is 0.0198 e. The van der Waals surface area contributed by atoms with E-state index in [1.807, 2.05) is 13.0 Å². The predicted molar refractivity (Wildman–Crippen MR) is 45.8 cm³/mol. The highest BCUT2D eigenvalue weighted by Gasteiger charge is 2.07. The maximum atomic E-state index is 3.88. The molecule has 0 aliphatic heterocycles. The Balaban J connectivity index is 3.07. The van der Waals surface area contributed by atoms with Gasteiger partial charge in [-0.15, -0.1) is 0 Å². The molecule has 0 aromatic rings. The largest absolute Gasteiger partial charge is 0.0955 e. The van der Waals surface area contributed by atoms with E-state index in [9.17, 15) is 0 Å². The van der Waals surface area contributed by atoms with Crippen molar-refractivity contribution in [2.45, 2.75) is 13.8 Å². The van der Waals surface area contributed by atoms with Crippen LogP contribution in [0.1, 0.15) is 13.8 Å². The zero-order chi connectivity index (χ0) is 7.72. The van der Waals surface area contributed by atoms with Gasteiger partial charge in [-0.25, -0.2) is 0 Å². The van der Waals surface area contributed by atoms with Gasteiger partial charge in [-0.1, -0.05) is 30.9 Å². The maximum Gasteiger partial charge on any atom is -0.0198 e. The summed E-state index contributed by atoms with van der Waals surface area (Å²) in [6.07, 6.45) is 4.10. The Labute approximate surface area is 62.3 Å². The molecule has 0 amide bonds. The summed E-state index contributed by atoms with van der Waals surface area (Å²) >= 11 is 0. The van der Waals surface area contributed by atoms with Gasteiger partial charge in [-0.3, -0.25) is 0 Å². The molecule has 1 aliphatic carbocycles. The van der Waals surface area contributed by atoms with E-state index in [1.54, 1.807) is 0 Å². The van der Waals surface area contributed by atoms with Crippen LogP contribution in [0.5, 0.6) is 0 Å². The lowest BCUT2D eigenvalue weighted by molar-refractivity contribution is 1.37. The van der Waals surface area contributed by atoms with Crippen LogP contribution in [0.4, 0.5) is 0 Å². The minimum atomic E-state index is 1.11. The zero-order valence-electron chi connectivity index (χ0n) is 6.57. The van der Waals surface area contributed by atoms with E-state index in [1.165, 1.54) is 11.1 Å². The van der Waals surface area contributed by atoms with E-state index < -0.39 is 0 Å². The fourth-order valence-corrected chi connectivity index (χ4v) is 1.07. The van der Waals surface area contributed by atoms with Gasteiger partial charge >= 0.3 is 0 Å². The van der Waals surface area contributed by atoms with Crippen LogP contribution in [0.2, 0.25) is 0 Å². The lowest BCUT2D eigenvalue weighted by Gasteiger charge is -1.99. The molecule has 0 spiro atoms. The van der Waals surface area contributed by atoms with Crippen LogP contribution >= 0.6 is 0 Å². The van der Waals surface area contributed by atoms with E-state index in [-0.39, 0.29) is 0 Å². The molecule has 0 saturated carbocycles. The first-order valence-corrected chi connectivity index (χ1v) is 3.37. The third-order valence-corrected chi connectivity index (χ3v) is 1.80. The van der Waals surface area contributed by atoms with Crippen molar-refractivity contribution in [2.24, 2.45) is 0 Å². The number of allylic oxidation sites excluding steroid dienone is 6. The molecule has 1 aliphatic rings. The van der Waals surface area contributed by atoms with Crippen LogP contribution in [0.3, 0.4) is 0 Å². The quantitative estimate of drug-likeness (QED) is 0.514. The van der Waals surface area contributed by atoms with Crippen molar-refractivity contribution in [2.75, 3.05) is 0 Å². The van der Waals surface area contributed by atoms with Crippen molar-refractivity contribution in [3.63, 3.8) is 0 Å². The van der Waals surface area contributed by atoms with Crippen LogP contribution in [-0.4, -0.2) is 0 Å². The van der Waals surface area contributed by atoms with E-state index >= 15 is 0 Å². The van der Waals surface area contributed by atoms with Crippen molar-refractivity contribution in [1.29, 1.82) is 0 Å². The van der Waals surface area contributed by atoms with Crippen molar-refractivity contribution in [3.8, 4) is 0 Å². The number of rotatable bonds is 1. The monoisotopic (exact) mass is 132 g/mol. The fourth-order valence-electron chi connectivity index (χ4n) is 1.07. The Bertz CT molecular complexity index is 249. The Morgan fingerprint density at radius 1 is 1.40 bits per heavy atom. The summed E-state index contributed by atoms with van der Waals surface area (Å²) in [6.45, 7) is 11.8. The van der Waals surface area contributed by atoms with Gasteiger partial charge in [0, 0.05) is 0 Å². The predicted octanol–water partition coefficient (Wildman–Crippen LogP) is 3.01. The van der Waals surface area contributed by atoms with Gasteiger partial charge in [0.1, 0.15) is 0 Å². The van der Waals surface area contributed by atoms with Crippen LogP contribution in [0.25, 0.3) is 0 Å². The van der Waals surface area contributed by atoms with Crippen LogP contribution in [0.15, 0.2) is 47.6 Å². The Morgan fingerprint density at radius 2 is 2.00 bits per heavy atom. The molecule has 0 atom stereocenters. The highest BCUT2D eigenvalue weighted by molar-refractivity contribution is 5.57. The van der Waals surface area contributed by atoms with Crippen molar-refractivity contribution >= 4 is 0 Å². The molecule has 10 heavy (non-hydrogen) atoms. The molecule has 52 valence electrons. The summed E-state index contributed by atoms with van der Waals surface area (Å²) in [5, 5.41) is 0. The first kappa shape index (κ1) is 7.07. The normalized spacial score (nSPS) is 16.8. The molecule has 0 unspecified atom stereocenters. The van der Waals surface area contributed by atoms with E-state index in [2.05, 4.69) is 26.2 Å². The molecule has 0 aromatic heterocycles. The lowest BCUT2D eigenvalue weighted by Crippen LogP contribution is -1.80. The summed E-state index contributed by atoms with van der Waals surface area (Å²) in [6, 6.07) is 0. The summed E-state index contributed by atoms with van der Waals surface area (Å²) in [7, 11) is 0. The fraction of sp³-hybridized carbons (Fsp3) is 0.200. The van der Waals surface area contributed by atoms with Crippen LogP contribution in [-0.2, 0) is 0 Å². The maximum absolute atomic E-state index is 3.88. The van der Waals surface area contributed by atoms with Crippen molar-refractivity contribution in [1.82, 2.24) is 0 Å². The number of hydrogen-bond donors (Lipinski definition) is 0. The SMILES string of the molecule is C=C(C)C1=C(C)C(=C)C=C1. The first-order valence-electron chi connectivity index (χ1n) is 3.37. The van der Waals surface area contributed by atoms with Gasteiger partial charge in [0.2, 0.25) is 0 Å². The molecule has 0 heteroatoms. The second-order valence-corrected chi connectivity index (χ2v) is 2.68. The second kappa shape index (κ2) is 2.30. The molecule has 0 fully saturated rings. The molecular weight excluding hydrogens is 120 g/mol. The molecule has 0 heterocycles. The molecule has 0 N–H and O–H groups in total. The van der Waals surface area contributed by atoms with Crippen molar-refractivity contribution < 1.29 is 0 Å². The average Bonchev–Trinajstić information content (AvgIpc) is 2.14. The Hall–Kier alpha value is -1.04. The van der Waals surface area contributed by atoms with Crippen LogP contribution < -0.4 is 0 Å². The summed E-state index contributed by atoms with van der Waals surface area (Å²) in [5.74, 6) is 0. The first-order chi connectivity index (χ1) is 4.63. The lowest BCUT2D eigenvalue weighted by atomic mass is 10.1. The molecule has 0 nitrogen and oxygen atoms in total. The highest BCUT2D eigenvalue weighted by atomic mass is 14.1. The van der Waals surface area contributed by atoms with Crippen molar-refractivity contribution in [3.05, 3.63) is 47.6 Å². The van der Waals surface area contributed by atoms with E-state index in [0.717, 1.165) is 11.1 Å².